The average Bonchev–Trinajstić information content (AvgIpc) is 2.54. The summed E-state index contributed by atoms with van der Waals surface area (Å²) in [6, 6.07) is 6.82. The highest BCUT2D eigenvalue weighted by molar-refractivity contribution is 7.89. The van der Waals surface area contributed by atoms with Gasteiger partial charge >= 0.3 is 0 Å². The van der Waals surface area contributed by atoms with Gasteiger partial charge in [-0.1, -0.05) is 19.1 Å². The van der Waals surface area contributed by atoms with Crippen LogP contribution in [0.3, 0.4) is 0 Å². The average molecular weight is 358 g/mol. The lowest BCUT2D eigenvalue weighted by molar-refractivity contribution is -0.134. The van der Waals surface area contributed by atoms with E-state index in [1.165, 1.54) is 0 Å². The Morgan fingerprint density at radius 2 is 1.92 bits per heavy atom. The molecule has 1 atom stereocenters. The molecule has 2 rings (SSSR count). The molecule has 0 aromatic heterocycles. The molecule has 0 radical (unpaired) electrons. The van der Waals surface area contributed by atoms with Gasteiger partial charge in [0.2, 0.25) is 10.0 Å². The molecule has 4 N–H and O–H groups in total. The molecule has 0 aliphatic carbocycles. The molecule has 8 heteroatoms. The van der Waals surface area contributed by atoms with Gasteiger partial charge < -0.3 is 15.5 Å². The number of nitrogens with one attached hydrogen (secondary N) is 2. The summed E-state index contributed by atoms with van der Waals surface area (Å²) < 4.78 is 26.9. The molecule has 1 unspecified atom stereocenters. The third-order valence-corrected chi connectivity index (χ3v) is 5.10. The number of piperidine rings is 1. The van der Waals surface area contributed by atoms with Crippen molar-refractivity contribution in [3.63, 3.8) is 0 Å². The number of carboxylic acid groups (broad SMARTS) is 1. The molecular weight excluding hydrogens is 332 g/mol. The molecule has 7 nitrogen and oxygen atoms in total. The van der Waals surface area contributed by atoms with Crippen molar-refractivity contribution >= 4 is 16.0 Å². The molecule has 0 bridgehead atoms. The third-order valence-electron chi connectivity index (χ3n) is 3.68. The number of aryl methyl sites for hydroxylation is 1. The van der Waals surface area contributed by atoms with Gasteiger partial charge in [-0.3, -0.25) is 4.79 Å². The summed E-state index contributed by atoms with van der Waals surface area (Å²) in [7, 11) is -3.56. The zero-order valence-electron chi connectivity index (χ0n) is 14.1. The summed E-state index contributed by atoms with van der Waals surface area (Å²) in [6.45, 7) is 4.43. The monoisotopic (exact) mass is 358 g/mol. The predicted molar refractivity (Wildman–Crippen MR) is 91.4 cm³/mol. The lowest BCUT2D eigenvalue weighted by Gasteiger charge is -2.32. The van der Waals surface area contributed by atoms with E-state index >= 15 is 0 Å². The van der Waals surface area contributed by atoms with Gasteiger partial charge in [0.1, 0.15) is 0 Å². The summed E-state index contributed by atoms with van der Waals surface area (Å²) in [4.78, 5) is 9.24. The van der Waals surface area contributed by atoms with Crippen LogP contribution in [0.2, 0.25) is 0 Å². The molecule has 0 amide bonds. The number of hydrogen-bond acceptors (Lipinski definition) is 5. The second-order valence-corrected chi connectivity index (χ2v) is 7.61. The van der Waals surface area contributed by atoms with E-state index in [2.05, 4.69) is 10.0 Å². The fraction of sp³-hybridized carbons (Fsp3) is 0.562. The van der Waals surface area contributed by atoms with Gasteiger partial charge in [-0.25, -0.2) is 13.1 Å². The molecule has 1 heterocycles. The van der Waals surface area contributed by atoms with Crippen LogP contribution < -0.4 is 10.0 Å². The van der Waals surface area contributed by atoms with Gasteiger partial charge in [0.25, 0.3) is 5.97 Å². The van der Waals surface area contributed by atoms with Crippen molar-refractivity contribution in [2.45, 2.75) is 43.6 Å². The number of carboxylic acids is 1. The predicted octanol–water partition coefficient (Wildman–Crippen LogP) is 0.733. The van der Waals surface area contributed by atoms with E-state index in [1.54, 1.807) is 12.1 Å². The Kier molecular flexibility index (Phi) is 7.82. The van der Waals surface area contributed by atoms with Crippen LogP contribution in [0.25, 0.3) is 0 Å². The van der Waals surface area contributed by atoms with Gasteiger partial charge in [0, 0.05) is 20.0 Å². The molecule has 136 valence electrons. The molecule has 1 aliphatic rings. The van der Waals surface area contributed by atoms with Crippen LogP contribution in [-0.4, -0.2) is 49.8 Å². The minimum Gasteiger partial charge on any atom is -0.481 e. The first-order valence-electron chi connectivity index (χ1n) is 7.90. The van der Waals surface area contributed by atoms with E-state index in [0.717, 1.165) is 31.9 Å². The second kappa shape index (κ2) is 9.12. The van der Waals surface area contributed by atoms with E-state index in [4.69, 9.17) is 9.90 Å². The maximum Gasteiger partial charge on any atom is 0.300 e. The zero-order chi connectivity index (χ0) is 18.2. The summed E-state index contributed by atoms with van der Waals surface area (Å²) in [5.74, 6) is -0.833. The van der Waals surface area contributed by atoms with Gasteiger partial charge in [0.05, 0.1) is 10.5 Å². The summed E-state index contributed by atoms with van der Waals surface area (Å²) in [5.41, 5.74) is 0.105. The number of β-amino-alcohol motifs (C(OH)–C–C–N with tert-alkyl or cyclic N) is 1. The highest BCUT2D eigenvalue weighted by Gasteiger charge is 2.30. The van der Waals surface area contributed by atoms with Gasteiger partial charge in [-0.2, -0.15) is 0 Å². The second-order valence-electron chi connectivity index (χ2n) is 5.85. The Hall–Kier alpha value is -1.48. The van der Waals surface area contributed by atoms with Crippen LogP contribution in [0, 0.1) is 0 Å². The summed E-state index contributed by atoms with van der Waals surface area (Å²) >= 11 is 0. The Labute approximate surface area is 143 Å². The molecule has 1 fully saturated rings. The first-order chi connectivity index (χ1) is 11.2. The fourth-order valence-corrected chi connectivity index (χ4v) is 3.44. The molecule has 1 aliphatic heterocycles. The van der Waals surface area contributed by atoms with Crippen LogP contribution in [0.1, 0.15) is 32.3 Å². The molecule has 0 spiro atoms. The maximum atomic E-state index is 12.2. The molecule has 24 heavy (non-hydrogen) atoms. The van der Waals surface area contributed by atoms with E-state index in [-0.39, 0.29) is 11.4 Å². The van der Waals surface area contributed by atoms with Crippen LogP contribution >= 0.6 is 0 Å². The first kappa shape index (κ1) is 20.6. The van der Waals surface area contributed by atoms with Crippen LogP contribution in [-0.2, 0) is 21.2 Å². The van der Waals surface area contributed by atoms with Crippen LogP contribution in [0.4, 0.5) is 0 Å². The van der Waals surface area contributed by atoms with E-state index in [1.807, 2.05) is 19.1 Å². The van der Waals surface area contributed by atoms with Gasteiger partial charge in [0.15, 0.2) is 0 Å². The van der Waals surface area contributed by atoms with E-state index in [9.17, 15) is 13.5 Å². The Morgan fingerprint density at radius 3 is 2.38 bits per heavy atom. The molecule has 0 saturated carbocycles. The SMILES string of the molecule is CC(=O)O.CCc1ccc(S(=O)(=O)NCC2(O)CCCNC2)cc1. The minimum atomic E-state index is -3.56. The number of hydrogen-bond donors (Lipinski definition) is 4. The number of aliphatic carboxylic acids is 1. The summed E-state index contributed by atoms with van der Waals surface area (Å²) in [6.07, 6.45) is 2.33. The standard InChI is InChI=1S/C14H22N2O3S.C2H4O2/c1-2-12-4-6-13(7-5-12)20(18,19)16-11-14(17)8-3-9-15-10-14;1-2(3)4/h4-7,15-17H,2-3,8-11H2,1H3;1H3,(H,3,4). The van der Waals surface area contributed by atoms with E-state index in [0.29, 0.717) is 13.0 Å². The topological polar surface area (TPSA) is 116 Å². The highest BCUT2D eigenvalue weighted by Crippen LogP contribution is 2.16. The zero-order valence-corrected chi connectivity index (χ0v) is 14.9. The third kappa shape index (κ3) is 6.96. The molecule has 1 aromatic rings. The van der Waals surface area contributed by atoms with Crippen molar-refractivity contribution < 1.29 is 23.4 Å². The summed E-state index contributed by atoms with van der Waals surface area (Å²) in [5, 5.41) is 20.8. The maximum absolute atomic E-state index is 12.2. The number of carbonyl (C=O) groups is 1. The quantitative estimate of drug-likeness (QED) is 0.617. The van der Waals surface area contributed by atoms with Gasteiger partial charge in [-0.05, 0) is 43.5 Å². The van der Waals surface area contributed by atoms with E-state index < -0.39 is 21.6 Å². The largest absolute Gasteiger partial charge is 0.481 e. The first-order valence-corrected chi connectivity index (χ1v) is 9.38. The van der Waals surface area contributed by atoms with Crippen molar-refractivity contribution in [1.29, 1.82) is 0 Å². The lowest BCUT2D eigenvalue weighted by Crippen LogP contribution is -2.52. The van der Waals surface area contributed by atoms with Crippen molar-refractivity contribution in [2.75, 3.05) is 19.6 Å². The van der Waals surface area contributed by atoms with Crippen molar-refractivity contribution in [1.82, 2.24) is 10.0 Å². The van der Waals surface area contributed by atoms with Crippen LogP contribution in [0.15, 0.2) is 29.2 Å². The number of rotatable bonds is 5. The van der Waals surface area contributed by atoms with Crippen LogP contribution in [0.5, 0.6) is 0 Å². The number of benzene rings is 1. The Morgan fingerprint density at radius 1 is 1.33 bits per heavy atom. The molecule has 1 saturated heterocycles. The Balaban J connectivity index is 0.000000648. The molecular formula is C16H26N2O5S. The van der Waals surface area contributed by atoms with Crippen molar-refractivity contribution in [3.8, 4) is 0 Å². The normalized spacial score (nSPS) is 20.8. The highest BCUT2D eigenvalue weighted by atomic mass is 32.2. The number of aliphatic hydroxyl groups is 1. The molecule has 1 aromatic carbocycles. The lowest BCUT2D eigenvalue weighted by atomic mass is 9.95. The number of sulfonamides is 1. The van der Waals surface area contributed by atoms with Crippen molar-refractivity contribution in [3.05, 3.63) is 29.8 Å². The van der Waals surface area contributed by atoms with Gasteiger partial charge in [-0.15, -0.1) is 0 Å². The fourth-order valence-electron chi connectivity index (χ4n) is 2.32. The van der Waals surface area contributed by atoms with Crippen molar-refractivity contribution in [2.24, 2.45) is 0 Å². The minimum absolute atomic E-state index is 0.0395. The Bertz CT molecular complexity index is 618. The smallest absolute Gasteiger partial charge is 0.300 e.